The fourth-order valence-electron chi connectivity index (χ4n) is 5.27. The summed E-state index contributed by atoms with van der Waals surface area (Å²) in [4.78, 5) is 28.4. The lowest BCUT2D eigenvalue weighted by Crippen LogP contribution is -2.57. The molecule has 9 heteroatoms. The van der Waals surface area contributed by atoms with Gasteiger partial charge in [0.2, 0.25) is 11.8 Å². The van der Waals surface area contributed by atoms with Gasteiger partial charge in [-0.05, 0) is 66.5 Å². The molecule has 1 heterocycles. The highest BCUT2D eigenvalue weighted by atomic mass is 127. The maximum atomic E-state index is 13.7. The summed E-state index contributed by atoms with van der Waals surface area (Å²) in [6.07, 6.45) is 5.59. The molecule has 3 N–H and O–H groups in total. The number of benzene rings is 1. The third kappa shape index (κ3) is 6.55. The summed E-state index contributed by atoms with van der Waals surface area (Å²) >= 11 is 2.17. The molecule has 2 fully saturated rings. The van der Waals surface area contributed by atoms with Gasteiger partial charge in [-0.2, -0.15) is 0 Å². The molecule has 4 atom stereocenters. The van der Waals surface area contributed by atoms with E-state index in [0.717, 1.165) is 42.1 Å². The third-order valence-corrected chi connectivity index (χ3v) is 8.02. The molecule has 0 radical (unpaired) electrons. The summed E-state index contributed by atoms with van der Waals surface area (Å²) < 4.78 is 13.0. The second-order valence-corrected chi connectivity index (χ2v) is 10.7. The number of ether oxygens (including phenoxy) is 2. The number of nitrogens with one attached hydrogen (secondary N) is 1. The SMILES string of the molecule is O=C(NCCO)C1=C[C@H](Oc2ccccc2I)[C@@H](O)[C@H](N(C[C@H]2CCCO2)C(=O)C2CCCC2)C1. The normalized spacial score (nSPS) is 26.9. The summed E-state index contributed by atoms with van der Waals surface area (Å²) in [6, 6.07) is 6.89. The third-order valence-electron chi connectivity index (χ3n) is 7.13. The van der Waals surface area contributed by atoms with Crippen molar-refractivity contribution >= 4 is 34.4 Å². The summed E-state index contributed by atoms with van der Waals surface area (Å²) in [5.74, 6) is 0.261. The lowest BCUT2D eigenvalue weighted by Gasteiger charge is -2.42. The topological polar surface area (TPSA) is 108 Å². The highest BCUT2D eigenvalue weighted by Gasteiger charge is 2.43. The molecule has 2 aliphatic carbocycles. The number of halogens is 1. The highest BCUT2D eigenvalue weighted by Crippen LogP contribution is 2.33. The van der Waals surface area contributed by atoms with Crippen LogP contribution in [0.15, 0.2) is 35.9 Å². The fraction of sp³-hybridized carbons (Fsp3) is 0.615. The van der Waals surface area contributed by atoms with Crippen LogP contribution >= 0.6 is 22.6 Å². The first kappa shape index (κ1) is 26.4. The molecule has 0 aromatic heterocycles. The average Bonchev–Trinajstić information content (AvgIpc) is 3.58. The van der Waals surface area contributed by atoms with Gasteiger partial charge in [-0.25, -0.2) is 0 Å². The molecule has 3 aliphatic rings. The second kappa shape index (κ2) is 12.5. The summed E-state index contributed by atoms with van der Waals surface area (Å²) in [5.41, 5.74) is 0.446. The molecule has 1 aliphatic heterocycles. The van der Waals surface area contributed by atoms with E-state index in [1.807, 2.05) is 24.3 Å². The number of amides is 2. The van der Waals surface area contributed by atoms with Gasteiger partial charge >= 0.3 is 0 Å². The van der Waals surface area contributed by atoms with E-state index in [9.17, 15) is 14.7 Å². The molecule has 1 saturated heterocycles. The van der Waals surface area contributed by atoms with Crippen molar-refractivity contribution < 1.29 is 29.3 Å². The monoisotopic (exact) mass is 598 g/mol. The minimum Gasteiger partial charge on any atom is -0.482 e. The zero-order valence-electron chi connectivity index (χ0n) is 19.9. The molecule has 1 saturated carbocycles. The molecular formula is C26H35IN2O6. The summed E-state index contributed by atoms with van der Waals surface area (Å²) in [7, 11) is 0. The van der Waals surface area contributed by atoms with Gasteiger partial charge in [0.15, 0.2) is 0 Å². The van der Waals surface area contributed by atoms with Crippen LogP contribution in [-0.2, 0) is 14.3 Å². The minimum atomic E-state index is -1.01. The molecule has 35 heavy (non-hydrogen) atoms. The average molecular weight is 598 g/mol. The van der Waals surface area contributed by atoms with Gasteiger partial charge in [0.1, 0.15) is 18.0 Å². The van der Waals surface area contributed by atoms with E-state index in [0.29, 0.717) is 24.5 Å². The number of hydrogen-bond donors (Lipinski definition) is 3. The van der Waals surface area contributed by atoms with Gasteiger partial charge in [-0.1, -0.05) is 25.0 Å². The van der Waals surface area contributed by atoms with E-state index in [-0.39, 0.29) is 43.4 Å². The fourth-order valence-corrected chi connectivity index (χ4v) is 5.78. The Bertz CT molecular complexity index is 913. The number of carbonyl (C=O) groups is 2. The van der Waals surface area contributed by atoms with Crippen LogP contribution in [0.1, 0.15) is 44.9 Å². The van der Waals surface area contributed by atoms with Gasteiger partial charge in [-0.15, -0.1) is 0 Å². The Kier molecular flexibility index (Phi) is 9.43. The number of carbonyl (C=O) groups excluding carboxylic acids is 2. The standard InChI is InChI=1S/C26H35IN2O6/c27-20-9-3-4-10-22(20)35-23-15-18(25(32)28-11-12-30)14-21(24(23)31)29(16-19-8-5-13-34-19)26(33)17-6-1-2-7-17/h3-4,9-10,15,17,19,21,23-24,30-31H,1-2,5-8,11-14,16H2,(H,28,32)/t19-,21-,23+,24+/m1/s1. The highest BCUT2D eigenvalue weighted by molar-refractivity contribution is 14.1. The van der Waals surface area contributed by atoms with Crippen LogP contribution in [0.2, 0.25) is 0 Å². The van der Waals surface area contributed by atoms with Crippen molar-refractivity contribution in [2.45, 2.75) is 69.3 Å². The number of nitrogens with zero attached hydrogens (tertiary/aromatic N) is 1. The Hall–Kier alpha value is -1.69. The largest absolute Gasteiger partial charge is 0.482 e. The smallest absolute Gasteiger partial charge is 0.247 e. The predicted molar refractivity (Wildman–Crippen MR) is 139 cm³/mol. The first-order valence-corrected chi connectivity index (χ1v) is 13.7. The van der Waals surface area contributed by atoms with E-state index >= 15 is 0 Å². The molecule has 4 rings (SSSR count). The number of para-hydroxylation sites is 1. The Morgan fingerprint density at radius 1 is 1.17 bits per heavy atom. The minimum absolute atomic E-state index is 0.0344. The number of rotatable bonds is 9. The first-order valence-electron chi connectivity index (χ1n) is 12.6. The second-order valence-electron chi connectivity index (χ2n) is 9.55. The van der Waals surface area contributed by atoms with E-state index in [2.05, 4.69) is 27.9 Å². The van der Waals surface area contributed by atoms with Crippen LogP contribution in [-0.4, -0.2) is 77.6 Å². The van der Waals surface area contributed by atoms with Crippen molar-refractivity contribution in [2.24, 2.45) is 5.92 Å². The maximum Gasteiger partial charge on any atom is 0.247 e. The van der Waals surface area contributed by atoms with Crippen LogP contribution in [0, 0.1) is 9.49 Å². The van der Waals surface area contributed by atoms with Crippen LogP contribution in [0.3, 0.4) is 0 Å². The van der Waals surface area contributed by atoms with Crippen molar-refractivity contribution in [1.82, 2.24) is 10.2 Å². The summed E-state index contributed by atoms with van der Waals surface area (Å²) in [5, 5.41) is 23.4. The van der Waals surface area contributed by atoms with Gasteiger partial charge in [0, 0.05) is 37.6 Å². The lowest BCUT2D eigenvalue weighted by molar-refractivity contribution is -0.145. The maximum absolute atomic E-state index is 13.7. The zero-order valence-corrected chi connectivity index (χ0v) is 22.1. The zero-order chi connectivity index (χ0) is 24.8. The van der Waals surface area contributed by atoms with E-state index in [4.69, 9.17) is 14.6 Å². The van der Waals surface area contributed by atoms with Crippen LogP contribution in [0.4, 0.5) is 0 Å². The Morgan fingerprint density at radius 2 is 1.94 bits per heavy atom. The van der Waals surface area contributed by atoms with Crippen LogP contribution in [0.5, 0.6) is 5.75 Å². The number of aliphatic hydroxyl groups is 2. The Labute approximate surface area is 220 Å². The molecule has 192 valence electrons. The predicted octanol–water partition coefficient (Wildman–Crippen LogP) is 2.40. The number of aliphatic hydroxyl groups excluding tert-OH is 2. The Morgan fingerprint density at radius 3 is 2.63 bits per heavy atom. The van der Waals surface area contributed by atoms with Gasteiger partial charge < -0.3 is 29.9 Å². The molecule has 1 aromatic rings. The van der Waals surface area contributed by atoms with Crippen LogP contribution in [0.25, 0.3) is 0 Å². The quantitative estimate of drug-likeness (QED) is 0.377. The van der Waals surface area contributed by atoms with Crippen molar-refractivity contribution in [3.05, 3.63) is 39.5 Å². The summed E-state index contributed by atoms with van der Waals surface area (Å²) in [6.45, 7) is 1.04. The van der Waals surface area contributed by atoms with E-state index in [1.54, 1.807) is 11.0 Å². The molecular weight excluding hydrogens is 563 g/mol. The van der Waals surface area contributed by atoms with Crippen molar-refractivity contribution in [1.29, 1.82) is 0 Å². The van der Waals surface area contributed by atoms with Gasteiger partial charge in [0.05, 0.1) is 22.3 Å². The number of hydrogen-bond acceptors (Lipinski definition) is 6. The molecule has 2 amide bonds. The molecule has 0 spiro atoms. The molecule has 0 unspecified atom stereocenters. The van der Waals surface area contributed by atoms with E-state index in [1.165, 1.54) is 0 Å². The first-order chi connectivity index (χ1) is 17.0. The van der Waals surface area contributed by atoms with E-state index < -0.39 is 18.2 Å². The van der Waals surface area contributed by atoms with Crippen molar-refractivity contribution in [3.8, 4) is 5.75 Å². The van der Waals surface area contributed by atoms with Crippen LogP contribution < -0.4 is 10.1 Å². The molecule has 1 aromatic carbocycles. The van der Waals surface area contributed by atoms with Crippen molar-refractivity contribution in [2.75, 3.05) is 26.3 Å². The Balaban J connectivity index is 1.63. The molecule has 8 nitrogen and oxygen atoms in total. The molecule has 0 bridgehead atoms. The van der Waals surface area contributed by atoms with Crippen molar-refractivity contribution in [3.63, 3.8) is 0 Å². The van der Waals surface area contributed by atoms with Gasteiger partial charge in [0.25, 0.3) is 0 Å². The van der Waals surface area contributed by atoms with Gasteiger partial charge in [-0.3, -0.25) is 9.59 Å². The lowest BCUT2D eigenvalue weighted by atomic mass is 9.87.